The van der Waals surface area contributed by atoms with Crippen LogP contribution in [0.4, 0.5) is 10.5 Å². The summed E-state index contributed by atoms with van der Waals surface area (Å²) in [6.07, 6.45) is 0.950. The zero-order valence-corrected chi connectivity index (χ0v) is 21.6. The minimum absolute atomic E-state index is 0.112. The van der Waals surface area contributed by atoms with Crippen molar-refractivity contribution in [3.8, 4) is 11.5 Å². The van der Waals surface area contributed by atoms with Gasteiger partial charge in [-0.05, 0) is 67.2 Å². The number of anilines is 1. The Bertz CT molecular complexity index is 1210. The number of ether oxygens (including phenoxy) is 1. The predicted molar refractivity (Wildman–Crippen MR) is 147 cm³/mol. The minimum atomic E-state index is -0.990. The van der Waals surface area contributed by atoms with Crippen molar-refractivity contribution in [2.24, 2.45) is 0 Å². The summed E-state index contributed by atoms with van der Waals surface area (Å²) < 4.78 is 6.36. The number of hydrogen-bond donors (Lipinski definition) is 3. The van der Waals surface area contributed by atoms with Gasteiger partial charge in [-0.25, -0.2) is 4.79 Å². The number of carbonyl (C=O) groups excluding carboxylic acids is 1. The van der Waals surface area contributed by atoms with E-state index in [1.807, 2.05) is 72.8 Å². The lowest BCUT2D eigenvalue weighted by Crippen LogP contribution is -2.38. The molecule has 0 aromatic heterocycles. The standard InChI is InChI=1S/C30H35N3O5/c1-32(30(36)37)17-16-27(23-8-3-2-4-9-23)38-28-13-6-5-12-26(28)31-29(35)21-33-18-14-22(15-19-33)24-10-7-11-25(34)20-24/h2-13,20,22,27,34H,14-19,21H2,1H3,(H,31,35)(H,36,37). The largest absolute Gasteiger partial charge is 0.508 e. The summed E-state index contributed by atoms with van der Waals surface area (Å²) in [5.74, 6) is 1.09. The number of amides is 2. The summed E-state index contributed by atoms with van der Waals surface area (Å²) in [5, 5.41) is 22.0. The van der Waals surface area contributed by atoms with Crippen molar-refractivity contribution >= 4 is 17.7 Å². The molecule has 2 amide bonds. The number of nitrogens with one attached hydrogen (secondary N) is 1. The van der Waals surface area contributed by atoms with E-state index < -0.39 is 6.09 Å². The third-order valence-corrected chi connectivity index (χ3v) is 6.95. The SMILES string of the molecule is CN(CCC(Oc1ccccc1NC(=O)CN1CCC(c2cccc(O)c2)CC1)c1ccccc1)C(=O)O. The lowest BCUT2D eigenvalue weighted by Gasteiger charge is -2.31. The highest BCUT2D eigenvalue weighted by molar-refractivity contribution is 5.93. The number of benzene rings is 3. The van der Waals surface area contributed by atoms with Crippen molar-refractivity contribution in [2.75, 3.05) is 38.5 Å². The Hall–Kier alpha value is -4.04. The third kappa shape index (κ3) is 7.49. The van der Waals surface area contributed by atoms with Crippen molar-refractivity contribution in [1.29, 1.82) is 0 Å². The van der Waals surface area contributed by atoms with Crippen LogP contribution in [0.15, 0.2) is 78.9 Å². The van der Waals surface area contributed by atoms with Gasteiger partial charge in [0.1, 0.15) is 17.6 Å². The van der Waals surface area contributed by atoms with E-state index in [1.54, 1.807) is 6.07 Å². The number of nitrogens with zero attached hydrogens (tertiary/aromatic N) is 2. The smallest absolute Gasteiger partial charge is 0.407 e. The third-order valence-electron chi connectivity index (χ3n) is 6.95. The Morgan fingerprint density at radius 3 is 2.45 bits per heavy atom. The first-order valence-corrected chi connectivity index (χ1v) is 12.9. The summed E-state index contributed by atoms with van der Waals surface area (Å²) in [7, 11) is 1.53. The Morgan fingerprint density at radius 1 is 1.03 bits per heavy atom. The molecular weight excluding hydrogens is 482 g/mol. The summed E-state index contributed by atoms with van der Waals surface area (Å²) >= 11 is 0. The normalized spacial score (nSPS) is 15.0. The Morgan fingerprint density at radius 2 is 1.74 bits per heavy atom. The van der Waals surface area contributed by atoms with Crippen LogP contribution in [0.25, 0.3) is 0 Å². The van der Waals surface area contributed by atoms with E-state index in [1.165, 1.54) is 11.9 Å². The molecule has 0 aliphatic carbocycles. The van der Waals surface area contributed by atoms with E-state index in [2.05, 4.69) is 10.2 Å². The maximum absolute atomic E-state index is 13.0. The first kappa shape index (κ1) is 27.0. The van der Waals surface area contributed by atoms with Crippen molar-refractivity contribution < 1.29 is 24.5 Å². The molecular formula is C30H35N3O5. The van der Waals surface area contributed by atoms with Gasteiger partial charge >= 0.3 is 6.09 Å². The molecule has 0 saturated carbocycles. The number of hydrogen-bond acceptors (Lipinski definition) is 5. The van der Waals surface area contributed by atoms with Crippen molar-refractivity contribution in [3.05, 3.63) is 90.0 Å². The van der Waals surface area contributed by atoms with Crippen LogP contribution in [-0.4, -0.2) is 65.2 Å². The average Bonchev–Trinajstić information content (AvgIpc) is 2.92. The van der Waals surface area contributed by atoms with Crippen LogP contribution in [0.1, 0.15) is 42.4 Å². The molecule has 0 radical (unpaired) electrons. The molecule has 3 aromatic rings. The summed E-state index contributed by atoms with van der Waals surface area (Å²) in [4.78, 5) is 27.6. The van der Waals surface area contributed by atoms with Gasteiger partial charge in [-0.15, -0.1) is 0 Å². The Labute approximate surface area is 223 Å². The molecule has 1 aliphatic heterocycles. The second-order valence-corrected chi connectivity index (χ2v) is 9.70. The van der Waals surface area contributed by atoms with Gasteiger partial charge in [0, 0.05) is 20.0 Å². The summed E-state index contributed by atoms with van der Waals surface area (Å²) in [6.45, 7) is 2.20. The van der Waals surface area contributed by atoms with Gasteiger partial charge in [-0.2, -0.15) is 0 Å². The molecule has 1 fully saturated rings. The zero-order chi connectivity index (χ0) is 26.9. The first-order chi connectivity index (χ1) is 18.4. The van der Waals surface area contributed by atoms with E-state index >= 15 is 0 Å². The van der Waals surface area contributed by atoms with E-state index in [0.717, 1.165) is 37.1 Å². The van der Waals surface area contributed by atoms with Gasteiger partial charge in [0.2, 0.25) is 5.91 Å². The van der Waals surface area contributed by atoms with Crippen LogP contribution in [0, 0.1) is 0 Å². The molecule has 1 unspecified atom stereocenters. The van der Waals surface area contributed by atoms with E-state index in [-0.39, 0.29) is 24.3 Å². The maximum atomic E-state index is 13.0. The number of phenols is 1. The van der Waals surface area contributed by atoms with Gasteiger partial charge in [0.05, 0.1) is 12.2 Å². The molecule has 1 atom stereocenters. The molecule has 38 heavy (non-hydrogen) atoms. The Balaban J connectivity index is 1.36. The monoisotopic (exact) mass is 517 g/mol. The number of carbonyl (C=O) groups is 2. The number of carboxylic acid groups (broad SMARTS) is 1. The zero-order valence-electron chi connectivity index (χ0n) is 21.6. The predicted octanol–water partition coefficient (Wildman–Crippen LogP) is 5.33. The molecule has 3 aromatic carbocycles. The van der Waals surface area contributed by atoms with Crippen LogP contribution in [0.2, 0.25) is 0 Å². The summed E-state index contributed by atoms with van der Waals surface area (Å²) in [6, 6.07) is 24.4. The number of para-hydroxylation sites is 2. The number of piperidine rings is 1. The van der Waals surface area contributed by atoms with Crippen LogP contribution in [0.5, 0.6) is 11.5 Å². The van der Waals surface area contributed by atoms with Crippen molar-refractivity contribution in [2.45, 2.75) is 31.3 Å². The topological polar surface area (TPSA) is 102 Å². The molecule has 0 spiro atoms. The Kier molecular flexibility index (Phi) is 9.21. The second-order valence-electron chi connectivity index (χ2n) is 9.70. The molecule has 3 N–H and O–H groups in total. The second kappa shape index (κ2) is 13.0. The van der Waals surface area contributed by atoms with Gasteiger partial charge < -0.3 is 25.2 Å². The minimum Gasteiger partial charge on any atom is -0.508 e. The van der Waals surface area contributed by atoms with Crippen LogP contribution < -0.4 is 10.1 Å². The molecule has 4 rings (SSSR count). The highest BCUT2D eigenvalue weighted by Gasteiger charge is 2.23. The lowest BCUT2D eigenvalue weighted by molar-refractivity contribution is -0.117. The molecule has 200 valence electrons. The van der Waals surface area contributed by atoms with Gasteiger partial charge in [-0.3, -0.25) is 9.69 Å². The quantitative estimate of drug-likeness (QED) is 0.336. The van der Waals surface area contributed by atoms with Gasteiger partial charge in [0.25, 0.3) is 0 Å². The molecule has 1 aliphatic rings. The fourth-order valence-corrected chi connectivity index (χ4v) is 4.79. The van der Waals surface area contributed by atoms with E-state index in [0.29, 0.717) is 30.3 Å². The fourth-order valence-electron chi connectivity index (χ4n) is 4.79. The van der Waals surface area contributed by atoms with E-state index in [9.17, 15) is 19.8 Å². The number of likely N-dealkylation sites (tertiary alicyclic amines) is 1. The highest BCUT2D eigenvalue weighted by atomic mass is 16.5. The van der Waals surface area contributed by atoms with Crippen LogP contribution in [0.3, 0.4) is 0 Å². The highest BCUT2D eigenvalue weighted by Crippen LogP contribution is 2.32. The van der Waals surface area contributed by atoms with E-state index in [4.69, 9.17) is 4.74 Å². The van der Waals surface area contributed by atoms with Crippen LogP contribution in [-0.2, 0) is 4.79 Å². The van der Waals surface area contributed by atoms with Crippen LogP contribution >= 0.6 is 0 Å². The average molecular weight is 518 g/mol. The molecule has 1 saturated heterocycles. The van der Waals surface area contributed by atoms with Gasteiger partial charge in [-0.1, -0.05) is 54.6 Å². The molecule has 0 bridgehead atoms. The molecule has 8 heteroatoms. The van der Waals surface area contributed by atoms with Gasteiger partial charge in [0.15, 0.2) is 0 Å². The lowest BCUT2D eigenvalue weighted by atomic mass is 9.89. The maximum Gasteiger partial charge on any atom is 0.407 e. The summed E-state index contributed by atoms with van der Waals surface area (Å²) in [5.41, 5.74) is 2.66. The molecule has 1 heterocycles. The number of rotatable bonds is 10. The number of aromatic hydroxyl groups is 1. The first-order valence-electron chi connectivity index (χ1n) is 12.9. The van der Waals surface area contributed by atoms with Crippen molar-refractivity contribution in [1.82, 2.24) is 9.80 Å². The van der Waals surface area contributed by atoms with Crippen molar-refractivity contribution in [3.63, 3.8) is 0 Å². The fraction of sp³-hybridized carbons (Fsp3) is 0.333. The molecule has 8 nitrogen and oxygen atoms in total. The number of phenolic OH excluding ortho intramolecular Hbond substituents is 1.